The van der Waals surface area contributed by atoms with Gasteiger partial charge in [-0.25, -0.2) is 9.37 Å². The number of benzene rings is 2. The smallest absolute Gasteiger partial charge is 0.268 e. The van der Waals surface area contributed by atoms with E-state index in [4.69, 9.17) is 0 Å². The zero-order chi connectivity index (χ0) is 20.2. The molecule has 2 aromatic heterocycles. The standard InChI is InChI=1S/C23H19FN4O/c1-16-7-6-12-28-22(16)27-21(26-14-17-8-3-2-4-9-17)20(23(28)29)15-25-19-11-5-10-18(24)13-19/h2-13,15,26H,14H2,1H3. The number of nitrogens with one attached hydrogen (secondary N) is 1. The maximum atomic E-state index is 13.4. The molecule has 0 fully saturated rings. The second kappa shape index (κ2) is 8.06. The summed E-state index contributed by atoms with van der Waals surface area (Å²) < 4.78 is 14.9. The number of pyridine rings is 1. The van der Waals surface area contributed by atoms with Crippen molar-refractivity contribution < 1.29 is 4.39 Å². The molecule has 2 heterocycles. The minimum Gasteiger partial charge on any atom is -0.365 e. The lowest BCUT2D eigenvalue weighted by Crippen LogP contribution is -2.23. The first-order chi connectivity index (χ1) is 14.1. The number of rotatable bonds is 5. The number of nitrogens with zero attached hydrogens (tertiary/aromatic N) is 3. The molecule has 144 valence electrons. The van der Waals surface area contributed by atoms with Crippen molar-refractivity contribution in [2.75, 3.05) is 5.32 Å². The van der Waals surface area contributed by atoms with Crippen LogP contribution in [0, 0.1) is 12.7 Å². The number of hydrogen-bond acceptors (Lipinski definition) is 4. The Bertz CT molecular complexity index is 1250. The largest absolute Gasteiger partial charge is 0.365 e. The van der Waals surface area contributed by atoms with E-state index in [0.29, 0.717) is 29.3 Å². The number of hydrogen-bond donors (Lipinski definition) is 1. The van der Waals surface area contributed by atoms with E-state index in [2.05, 4.69) is 15.3 Å². The molecular weight excluding hydrogens is 367 g/mol. The van der Waals surface area contributed by atoms with Gasteiger partial charge in [0.05, 0.1) is 5.69 Å². The average Bonchev–Trinajstić information content (AvgIpc) is 2.73. The summed E-state index contributed by atoms with van der Waals surface area (Å²) in [5.74, 6) is 0.0550. The second-order valence-corrected chi connectivity index (χ2v) is 6.64. The van der Waals surface area contributed by atoms with Crippen LogP contribution >= 0.6 is 0 Å². The molecule has 0 radical (unpaired) electrons. The molecule has 5 nitrogen and oxygen atoms in total. The number of halogens is 1. The monoisotopic (exact) mass is 386 g/mol. The highest BCUT2D eigenvalue weighted by Gasteiger charge is 2.12. The lowest BCUT2D eigenvalue weighted by atomic mass is 10.2. The predicted molar refractivity (Wildman–Crippen MR) is 114 cm³/mol. The van der Waals surface area contributed by atoms with Gasteiger partial charge in [0.15, 0.2) is 0 Å². The summed E-state index contributed by atoms with van der Waals surface area (Å²) in [4.78, 5) is 22.1. The Hall–Kier alpha value is -3.80. The van der Waals surface area contributed by atoms with Crippen LogP contribution in [0.15, 0.2) is 82.7 Å². The zero-order valence-corrected chi connectivity index (χ0v) is 15.8. The molecule has 0 saturated carbocycles. The van der Waals surface area contributed by atoms with Gasteiger partial charge in [0.25, 0.3) is 5.56 Å². The zero-order valence-electron chi connectivity index (χ0n) is 15.8. The Kier molecular flexibility index (Phi) is 5.16. The Morgan fingerprint density at radius 1 is 1.10 bits per heavy atom. The topological polar surface area (TPSA) is 58.8 Å². The van der Waals surface area contributed by atoms with E-state index < -0.39 is 0 Å². The molecule has 0 atom stereocenters. The third-order valence-electron chi connectivity index (χ3n) is 4.54. The van der Waals surface area contributed by atoms with Crippen LogP contribution in [-0.2, 0) is 6.54 Å². The minimum atomic E-state index is -0.383. The van der Waals surface area contributed by atoms with Crippen molar-refractivity contribution in [3.8, 4) is 0 Å². The van der Waals surface area contributed by atoms with Gasteiger partial charge in [0.1, 0.15) is 22.8 Å². The summed E-state index contributed by atoms with van der Waals surface area (Å²) in [7, 11) is 0. The number of aliphatic imine (C=N–C) groups is 1. The second-order valence-electron chi connectivity index (χ2n) is 6.64. The van der Waals surface area contributed by atoms with E-state index in [1.807, 2.05) is 43.3 Å². The maximum Gasteiger partial charge on any atom is 0.268 e. The van der Waals surface area contributed by atoms with Crippen LogP contribution in [0.2, 0.25) is 0 Å². The SMILES string of the molecule is Cc1cccn2c(=O)c(C=Nc3cccc(F)c3)c(NCc3ccccc3)nc12. The van der Waals surface area contributed by atoms with Gasteiger partial charge in [-0.05, 0) is 42.3 Å². The molecule has 0 spiro atoms. The minimum absolute atomic E-state index is 0.241. The molecular formula is C23H19FN4O. The number of aryl methyl sites for hydroxylation is 1. The van der Waals surface area contributed by atoms with Gasteiger partial charge in [0.2, 0.25) is 0 Å². The molecule has 0 saturated heterocycles. The number of fused-ring (bicyclic) bond motifs is 1. The highest BCUT2D eigenvalue weighted by molar-refractivity contribution is 5.88. The quantitative estimate of drug-likeness (QED) is 0.514. The van der Waals surface area contributed by atoms with Gasteiger partial charge >= 0.3 is 0 Å². The first-order valence-electron chi connectivity index (χ1n) is 9.21. The van der Waals surface area contributed by atoms with Crippen LogP contribution in [-0.4, -0.2) is 15.6 Å². The van der Waals surface area contributed by atoms with Gasteiger partial charge in [-0.2, -0.15) is 0 Å². The van der Waals surface area contributed by atoms with E-state index in [-0.39, 0.29) is 11.4 Å². The molecule has 0 unspecified atom stereocenters. The summed E-state index contributed by atoms with van der Waals surface area (Å²) in [6.45, 7) is 2.42. The molecule has 0 aliphatic heterocycles. The number of aromatic nitrogens is 2. The third kappa shape index (κ3) is 4.06. The van der Waals surface area contributed by atoms with Crippen molar-refractivity contribution >= 4 is 23.4 Å². The van der Waals surface area contributed by atoms with Gasteiger partial charge in [-0.3, -0.25) is 14.2 Å². The van der Waals surface area contributed by atoms with Crippen LogP contribution in [0.3, 0.4) is 0 Å². The van der Waals surface area contributed by atoms with E-state index in [1.165, 1.54) is 22.7 Å². The van der Waals surface area contributed by atoms with E-state index in [0.717, 1.165) is 11.1 Å². The first-order valence-corrected chi connectivity index (χ1v) is 9.21. The van der Waals surface area contributed by atoms with Crippen LogP contribution in [0.5, 0.6) is 0 Å². The Labute approximate surface area is 167 Å². The van der Waals surface area contributed by atoms with Crippen molar-refractivity contribution in [3.63, 3.8) is 0 Å². The predicted octanol–water partition coefficient (Wildman–Crippen LogP) is 4.50. The van der Waals surface area contributed by atoms with Gasteiger partial charge < -0.3 is 5.32 Å². The molecule has 4 aromatic rings. The van der Waals surface area contributed by atoms with Crippen molar-refractivity contribution in [2.45, 2.75) is 13.5 Å². The van der Waals surface area contributed by atoms with Crippen LogP contribution in [0.25, 0.3) is 5.65 Å². The fourth-order valence-electron chi connectivity index (χ4n) is 3.04. The number of anilines is 1. The summed E-state index contributed by atoms with van der Waals surface area (Å²) in [6, 6.07) is 19.5. The van der Waals surface area contributed by atoms with Gasteiger partial charge in [-0.15, -0.1) is 0 Å². The Morgan fingerprint density at radius 3 is 2.72 bits per heavy atom. The van der Waals surface area contributed by atoms with Crippen molar-refractivity contribution in [1.29, 1.82) is 0 Å². The molecule has 2 aromatic carbocycles. The van der Waals surface area contributed by atoms with Gasteiger partial charge in [0, 0.05) is 19.0 Å². The maximum absolute atomic E-state index is 13.4. The van der Waals surface area contributed by atoms with E-state index in [9.17, 15) is 9.18 Å². The van der Waals surface area contributed by atoms with E-state index >= 15 is 0 Å². The average molecular weight is 386 g/mol. The molecule has 0 aliphatic rings. The normalized spacial score (nSPS) is 11.2. The lowest BCUT2D eigenvalue weighted by molar-refractivity contribution is 0.628. The van der Waals surface area contributed by atoms with Crippen LogP contribution < -0.4 is 10.9 Å². The first kappa shape index (κ1) is 18.6. The highest BCUT2D eigenvalue weighted by atomic mass is 19.1. The summed E-state index contributed by atoms with van der Waals surface area (Å²) in [5, 5.41) is 3.25. The molecule has 0 bridgehead atoms. The molecule has 4 rings (SSSR count). The summed E-state index contributed by atoms with van der Waals surface area (Å²) in [6.07, 6.45) is 3.12. The van der Waals surface area contributed by atoms with Crippen LogP contribution in [0.1, 0.15) is 16.7 Å². The van der Waals surface area contributed by atoms with Crippen molar-refractivity contribution in [3.05, 3.63) is 106 Å². The highest BCUT2D eigenvalue weighted by Crippen LogP contribution is 2.16. The lowest BCUT2D eigenvalue weighted by Gasteiger charge is -2.12. The van der Waals surface area contributed by atoms with Crippen molar-refractivity contribution in [2.24, 2.45) is 4.99 Å². The molecule has 29 heavy (non-hydrogen) atoms. The van der Waals surface area contributed by atoms with Crippen molar-refractivity contribution in [1.82, 2.24) is 9.38 Å². The Balaban J connectivity index is 1.79. The van der Waals surface area contributed by atoms with Crippen LogP contribution in [0.4, 0.5) is 15.9 Å². The summed E-state index contributed by atoms with van der Waals surface area (Å²) >= 11 is 0. The molecule has 0 aliphatic carbocycles. The fourth-order valence-corrected chi connectivity index (χ4v) is 3.04. The summed E-state index contributed by atoms with van der Waals surface area (Å²) in [5.41, 5.74) is 3.03. The van der Waals surface area contributed by atoms with Gasteiger partial charge in [-0.1, -0.05) is 42.5 Å². The van der Waals surface area contributed by atoms with E-state index in [1.54, 1.807) is 24.4 Å². The Morgan fingerprint density at radius 2 is 1.93 bits per heavy atom. The third-order valence-corrected chi connectivity index (χ3v) is 4.54. The molecule has 0 amide bonds. The molecule has 1 N–H and O–H groups in total. The molecule has 6 heteroatoms. The fraction of sp³-hybridized carbons (Fsp3) is 0.0870.